The van der Waals surface area contributed by atoms with Crippen molar-refractivity contribution in [1.29, 1.82) is 0 Å². The molecule has 0 heterocycles. The van der Waals surface area contributed by atoms with Crippen LogP contribution in [-0.4, -0.2) is 26.8 Å². The molecule has 0 aromatic heterocycles. The minimum atomic E-state index is -0.281. The fourth-order valence-corrected chi connectivity index (χ4v) is 2.49. The van der Waals surface area contributed by atoms with Crippen molar-refractivity contribution in [1.82, 2.24) is 5.32 Å². The number of amides is 2. The van der Waals surface area contributed by atoms with Gasteiger partial charge in [0, 0.05) is 17.3 Å². The summed E-state index contributed by atoms with van der Waals surface area (Å²) in [6.45, 7) is 2.38. The number of carbonyl (C=O) groups is 1. The van der Waals surface area contributed by atoms with Crippen LogP contribution < -0.4 is 20.1 Å². The Hall–Kier alpha value is -2.40. The second kappa shape index (κ2) is 8.45. The Kier molecular flexibility index (Phi) is 6.32. The number of carbonyl (C=O) groups excluding carboxylic acids is 1. The number of nitrogens with one attached hydrogen (secondary N) is 2. The van der Waals surface area contributed by atoms with Crippen LogP contribution in [0.3, 0.4) is 0 Å². The SMILES string of the molecule is COc1cccc(CCNC(=O)Nc2ccc(C)c(Cl)c2)c1OC. The van der Waals surface area contributed by atoms with Crippen LogP contribution in [0.4, 0.5) is 10.5 Å². The normalized spacial score (nSPS) is 10.2. The van der Waals surface area contributed by atoms with E-state index in [4.69, 9.17) is 21.1 Å². The number of halogens is 1. The minimum Gasteiger partial charge on any atom is -0.493 e. The molecule has 0 aliphatic rings. The number of hydrogen-bond donors (Lipinski definition) is 2. The average molecular weight is 349 g/mol. The lowest BCUT2D eigenvalue weighted by Gasteiger charge is -2.13. The smallest absolute Gasteiger partial charge is 0.319 e. The molecule has 0 radical (unpaired) electrons. The van der Waals surface area contributed by atoms with Gasteiger partial charge in [0.25, 0.3) is 0 Å². The minimum absolute atomic E-state index is 0.281. The first-order chi connectivity index (χ1) is 11.5. The van der Waals surface area contributed by atoms with Crippen molar-refractivity contribution < 1.29 is 14.3 Å². The van der Waals surface area contributed by atoms with Gasteiger partial charge in [-0.15, -0.1) is 0 Å². The summed E-state index contributed by atoms with van der Waals surface area (Å²) in [5.41, 5.74) is 2.59. The van der Waals surface area contributed by atoms with Crippen LogP contribution in [-0.2, 0) is 6.42 Å². The van der Waals surface area contributed by atoms with Gasteiger partial charge in [-0.05, 0) is 42.7 Å². The van der Waals surface area contributed by atoms with Crippen molar-refractivity contribution >= 4 is 23.3 Å². The van der Waals surface area contributed by atoms with E-state index in [2.05, 4.69) is 10.6 Å². The summed E-state index contributed by atoms with van der Waals surface area (Å²) in [4.78, 5) is 12.0. The van der Waals surface area contributed by atoms with E-state index in [1.54, 1.807) is 20.3 Å². The first-order valence-electron chi connectivity index (χ1n) is 7.56. The van der Waals surface area contributed by atoms with Crippen molar-refractivity contribution in [2.75, 3.05) is 26.1 Å². The molecule has 24 heavy (non-hydrogen) atoms. The number of aryl methyl sites for hydroxylation is 1. The molecule has 2 aromatic carbocycles. The van der Waals surface area contributed by atoms with Gasteiger partial charge in [0.1, 0.15) is 0 Å². The van der Waals surface area contributed by atoms with Gasteiger partial charge in [0.2, 0.25) is 0 Å². The molecule has 2 N–H and O–H groups in total. The van der Waals surface area contributed by atoms with Crippen molar-refractivity contribution in [2.45, 2.75) is 13.3 Å². The van der Waals surface area contributed by atoms with E-state index in [0.717, 1.165) is 11.1 Å². The summed E-state index contributed by atoms with van der Waals surface area (Å²) in [5, 5.41) is 6.19. The maximum atomic E-state index is 12.0. The molecular formula is C18H21ClN2O3. The maximum Gasteiger partial charge on any atom is 0.319 e. The second-order valence-electron chi connectivity index (χ2n) is 5.25. The van der Waals surface area contributed by atoms with E-state index >= 15 is 0 Å². The monoisotopic (exact) mass is 348 g/mol. The number of methoxy groups -OCH3 is 2. The van der Waals surface area contributed by atoms with E-state index in [0.29, 0.717) is 35.2 Å². The van der Waals surface area contributed by atoms with Gasteiger partial charge in [-0.3, -0.25) is 0 Å². The molecule has 0 unspecified atom stereocenters. The van der Waals surface area contributed by atoms with Crippen molar-refractivity contribution in [3.63, 3.8) is 0 Å². The molecule has 0 aliphatic carbocycles. The maximum absolute atomic E-state index is 12.0. The number of hydrogen-bond acceptors (Lipinski definition) is 3. The van der Waals surface area contributed by atoms with Crippen molar-refractivity contribution in [3.8, 4) is 11.5 Å². The third-order valence-electron chi connectivity index (χ3n) is 3.59. The summed E-state index contributed by atoms with van der Waals surface area (Å²) in [6.07, 6.45) is 0.627. The van der Waals surface area contributed by atoms with Crippen LogP contribution in [0, 0.1) is 6.92 Å². The predicted octanol–water partition coefficient (Wildman–Crippen LogP) is 4.03. The Bertz CT molecular complexity index is 719. The number of ether oxygens (including phenoxy) is 2. The van der Waals surface area contributed by atoms with Gasteiger partial charge in [0.15, 0.2) is 11.5 Å². The van der Waals surface area contributed by atoms with E-state index in [9.17, 15) is 4.79 Å². The molecule has 2 rings (SSSR count). The summed E-state index contributed by atoms with van der Waals surface area (Å²) < 4.78 is 10.6. The van der Waals surface area contributed by atoms with E-state index in [1.807, 2.05) is 37.3 Å². The molecular weight excluding hydrogens is 328 g/mol. The van der Waals surface area contributed by atoms with Crippen LogP contribution in [0.2, 0.25) is 5.02 Å². The standard InChI is InChI=1S/C18H21ClN2O3/c1-12-7-8-14(11-15(12)19)21-18(22)20-10-9-13-5-4-6-16(23-2)17(13)24-3/h4-8,11H,9-10H2,1-3H3,(H2,20,21,22). The van der Waals surface area contributed by atoms with Crippen molar-refractivity contribution in [3.05, 3.63) is 52.5 Å². The Morgan fingerprint density at radius 3 is 2.62 bits per heavy atom. The van der Waals surface area contributed by atoms with Crippen LogP contribution in [0.1, 0.15) is 11.1 Å². The fourth-order valence-electron chi connectivity index (χ4n) is 2.31. The summed E-state index contributed by atoms with van der Waals surface area (Å²) in [5.74, 6) is 1.36. The summed E-state index contributed by atoms with van der Waals surface area (Å²) in [7, 11) is 3.20. The highest BCUT2D eigenvalue weighted by molar-refractivity contribution is 6.31. The highest BCUT2D eigenvalue weighted by Crippen LogP contribution is 2.30. The van der Waals surface area contributed by atoms with Crippen molar-refractivity contribution in [2.24, 2.45) is 0 Å². The van der Waals surface area contributed by atoms with Crippen LogP contribution >= 0.6 is 11.6 Å². The predicted molar refractivity (Wildman–Crippen MR) is 96.5 cm³/mol. The molecule has 0 fully saturated rings. The largest absolute Gasteiger partial charge is 0.493 e. The van der Waals surface area contributed by atoms with Crippen LogP contribution in [0.15, 0.2) is 36.4 Å². The molecule has 2 amide bonds. The quantitative estimate of drug-likeness (QED) is 0.828. The Balaban J connectivity index is 1.90. The number of anilines is 1. The number of benzene rings is 2. The van der Waals surface area contributed by atoms with Gasteiger partial charge in [-0.25, -0.2) is 4.79 Å². The third kappa shape index (κ3) is 4.55. The van der Waals surface area contributed by atoms with Crippen LogP contribution in [0.25, 0.3) is 0 Å². The molecule has 0 saturated carbocycles. The first-order valence-corrected chi connectivity index (χ1v) is 7.93. The topological polar surface area (TPSA) is 59.6 Å². The first kappa shape index (κ1) is 17.9. The number of urea groups is 1. The lowest BCUT2D eigenvalue weighted by atomic mass is 10.1. The molecule has 2 aromatic rings. The second-order valence-corrected chi connectivity index (χ2v) is 5.65. The lowest BCUT2D eigenvalue weighted by molar-refractivity contribution is 0.252. The van der Waals surface area contributed by atoms with Crippen LogP contribution in [0.5, 0.6) is 11.5 Å². The summed E-state index contributed by atoms with van der Waals surface area (Å²) in [6, 6.07) is 10.8. The fraction of sp³-hybridized carbons (Fsp3) is 0.278. The zero-order valence-corrected chi connectivity index (χ0v) is 14.7. The molecule has 5 nitrogen and oxygen atoms in total. The van der Waals surface area contributed by atoms with Gasteiger partial charge in [-0.1, -0.05) is 29.8 Å². The summed E-state index contributed by atoms with van der Waals surface area (Å²) >= 11 is 6.05. The lowest BCUT2D eigenvalue weighted by Crippen LogP contribution is -2.30. The molecule has 0 bridgehead atoms. The molecule has 0 saturated heterocycles. The number of rotatable bonds is 6. The Morgan fingerprint density at radius 2 is 1.96 bits per heavy atom. The van der Waals surface area contributed by atoms with E-state index < -0.39 is 0 Å². The van der Waals surface area contributed by atoms with Gasteiger partial charge < -0.3 is 20.1 Å². The Morgan fingerprint density at radius 1 is 1.17 bits per heavy atom. The molecule has 6 heteroatoms. The zero-order valence-electron chi connectivity index (χ0n) is 14.0. The van der Waals surface area contributed by atoms with Gasteiger partial charge in [-0.2, -0.15) is 0 Å². The van der Waals surface area contributed by atoms with E-state index in [1.165, 1.54) is 0 Å². The highest BCUT2D eigenvalue weighted by atomic mass is 35.5. The Labute approximate surface area is 146 Å². The average Bonchev–Trinajstić information content (AvgIpc) is 2.57. The number of para-hydroxylation sites is 1. The highest BCUT2D eigenvalue weighted by Gasteiger charge is 2.10. The zero-order chi connectivity index (χ0) is 17.5. The molecule has 0 atom stereocenters. The molecule has 0 aliphatic heterocycles. The van der Waals surface area contributed by atoms with Gasteiger partial charge >= 0.3 is 6.03 Å². The van der Waals surface area contributed by atoms with Gasteiger partial charge in [0.05, 0.1) is 14.2 Å². The van der Waals surface area contributed by atoms with E-state index in [-0.39, 0.29) is 6.03 Å². The third-order valence-corrected chi connectivity index (χ3v) is 4.00. The molecule has 0 spiro atoms. The molecule has 128 valence electrons.